The van der Waals surface area contributed by atoms with Gasteiger partial charge in [0, 0.05) is 31.8 Å². The molecule has 4 rings (SSSR count). The number of ether oxygens (including phenoxy) is 2. The molecule has 1 N–H and O–H groups in total. The number of amides is 1. The van der Waals surface area contributed by atoms with Crippen molar-refractivity contribution in [3.8, 4) is 17.0 Å². The van der Waals surface area contributed by atoms with Gasteiger partial charge in [0.05, 0.1) is 19.4 Å². The third-order valence-electron chi connectivity index (χ3n) is 6.73. The lowest BCUT2D eigenvalue weighted by Gasteiger charge is -2.45. The fourth-order valence-corrected chi connectivity index (χ4v) is 5.15. The number of nitrogens with zero attached hydrogens (tertiary/aromatic N) is 3. The molecule has 7 heteroatoms. The molecule has 2 aliphatic rings. The molecule has 0 bridgehead atoms. The van der Waals surface area contributed by atoms with Gasteiger partial charge in [0.2, 0.25) is 0 Å². The van der Waals surface area contributed by atoms with E-state index in [9.17, 15) is 4.79 Å². The summed E-state index contributed by atoms with van der Waals surface area (Å²) in [6.07, 6.45) is 6.25. The number of aromatic amines is 1. The number of rotatable bonds is 8. The van der Waals surface area contributed by atoms with E-state index in [1.54, 1.807) is 14.2 Å². The summed E-state index contributed by atoms with van der Waals surface area (Å²) < 4.78 is 10.8. The van der Waals surface area contributed by atoms with Crippen molar-refractivity contribution in [2.75, 3.05) is 47.0 Å². The van der Waals surface area contributed by atoms with Gasteiger partial charge in [-0.1, -0.05) is 18.6 Å². The minimum Gasteiger partial charge on any atom is -0.496 e. The molecule has 2 unspecified atom stereocenters. The predicted molar refractivity (Wildman–Crippen MR) is 120 cm³/mol. The van der Waals surface area contributed by atoms with Crippen LogP contribution in [0.5, 0.6) is 5.75 Å². The zero-order valence-corrected chi connectivity index (χ0v) is 18.7. The van der Waals surface area contributed by atoms with Gasteiger partial charge >= 0.3 is 0 Å². The second kappa shape index (κ2) is 10.3. The quantitative estimate of drug-likeness (QED) is 0.700. The highest BCUT2D eigenvalue weighted by Crippen LogP contribution is 2.32. The van der Waals surface area contributed by atoms with E-state index in [-0.39, 0.29) is 5.91 Å². The summed E-state index contributed by atoms with van der Waals surface area (Å²) in [5.41, 5.74) is 2.09. The number of carbonyl (C=O) groups is 1. The molecule has 0 radical (unpaired) electrons. The van der Waals surface area contributed by atoms with Crippen molar-refractivity contribution in [1.29, 1.82) is 0 Å². The van der Waals surface area contributed by atoms with Gasteiger partial charge in [0.25, 0.3) is 5.91 Å². The van der Waals surface area contributed by atoms with Crippen LogP contribution in [0.3, 0.4) is 0 Å². The Morgan fingerprint density at radius 3 is 2.87 bits per heavy atom. The van der Waals surface area contributed by atoms with E-state index in [2.05, 4.69) is 15.1 Å². The lowest BCUT2D eigenvalue weighted by molar-refractivity contribution is 0.0313. The number of benzene rings is 1. The lowest BCUT2D eigenvalue weighted by Crippen LogP contribution is -2.52. The molecule has 2 atom stereocenters. The van der Waals surface area contributed by atoms with E-state index in [0.717, 1.165) is 17.9 Å². The molecule has 1 amide bonds. The van der Waals surface area contributed by atoms with Gasteiger partial charge in [-0.3, -0.25) is 9.89 Å². The van der Waals surface area contributed by atoms with E-state index in [0.29, 0.717) is 36.5 Å². The van der Waals surface area contributed by atoms with E-state index in [1.807, 2.05) is 35.2 Å². The number of fused-ring (bicyclic) bond motifs is 1. The molecule has 31 heavy (non-hydrogen) atoms. The van der Waals surface area contributed by atoms with Crippen LogP contribution in [0, 0.1) is 5.92 Å². The van der Waals surface area contributed by atoms with Crippen molar-refractivity contribution >= 4 is 5.91 Å². The lowest BCUT2D eigenvalue weighted by atomic mass is 9.83. The van der Waals surface area contributed by atoms with Crippen LogP contribution in [-0.2, 0) is 4.74 Å². The van der Waals surface area contributed by atoms with Crippen LogP contribution in [0.15, 0.2) is 30.3 Å². The average Bonchev–Trinajstić information content (AvgIpc) is 3.31. The first-order chi connectivity index (χ1) is 15.2. The Balaban J connectivity index is 1.51. The molecule has 1 aromatic carbocycles. The Morgan fingerprint density at radius 1 is 1.19 bits per heavy atom. The topological polar surface area (TPSA) is 70.7 Å². The van der Waals surface area contributed by atoms with Gasteiger partial charge in [-0.2, -0.15) is 5.10 Å². The van der Waals surface area contributed by atoms with Crippen LogP contribution in [0.1, 0.15) is 42.6 Å². The first-order valence-corrected chi connectivity index (χ1v) is 11.4. The standard InChI is InChI=1S/C24H34N4O3/c1-30-15-14-28(17-18-8-7-13-27-12-6-5-10-22(18)27)24(29)21-16-20(25-26-21)19-9-3-4-11-23(19)31-2/h3-4,9,11,16,18,22H,5-8,10,12-15,17H2,1-2H3,(H,25,26). The third-order valence-corrected chi connectivity index (χ3v) is 6.73. The van der Waals surface area contributed by atoms with Crippen LogP contribution in [0.2, 0.25) is 0 Å². The first-order valence-electron chi connectivity index (χ1n) is 11.4. The highest BCUT2D eigenvalue weighted by molar-refractivity contribution is 5.93. The number of methoxy groups -OCH3 is 2. The van der Waals surface area contributed by atoms with Gasteiger partial charge in [0.1, 0.15) is 11.4 Å². The maximum atomic E-state index is 13.4. The summed E-state index contributed by atoms with van der Waals surface area (Å²) in [5.74, 6) is 1.24. The van der Waals surface area contributed by atoms with Crippen LogP contribution in [-0.4, -0.2) is 79.0 Å². The monoisotopic (exact) mass is 426 g/mol. The molecule has 2 aromatic rings. The summed E-state index contributed by atoms with van der Waals surface area (Å²) in [4.78, 5) is 18.0. The number of piperidine rings is 2. The zero-order chi connectivity index (χ0) is 21.6. The molecular weight excluding hydrogens is 392 g/mol. The fraction of sp³-hybridized carbons (Fsp3) is 0.583. The summed E-state index contributed by atoms with van der Waals surface area (Å²) in [5, 5.41) is 7.36. The normalized spacial score (nSPS) is 21.5. The second-order valence-electron chi connectivity index (χ2n) is 8.61. The van der Waals surface area contributed by atoms with Gasteiger partial charge in [-0.15, -0.1) is 0 Å². The molecule has 3 heterocycles. The van der Waals surface area contributed by atoms with Gasteiger partial charge in [-0.05, 0) is 62.9 Å². The number of aromatic nitrogens is 2. The van der Waals surface area contributed by atoms with Crippen molar-refractivity contribution in [2.24, 2.45) is 5.92 Å². The summed E-state index contributed by atoms with van der Waals surface area (Å²) >= 11 is 0. The molecule has 1 aromatic heterocycles. The second-order valence-corrected chi connectivity index (χ2v) is 8.61. The van der Waals surface area contributed by atoms with Crippen molar-refractivity contribution in [3.63, 3.8) is 0 Å². The van der Waals surface area contributed by atoms with Crippen molar-refractivity contribution in [1.82, 2.24) is 20.0 Å². The van der Waals surface area contributed by atoms with Crippen molar-refractivity contribution < 1.29 is 14.3 Å². The third kappa shape index (κ3) is 4.93. The van der Waals surface area contributed by atoms with E-state index in [4.69, 9.17) is 9.47 Å². The summed E-state index contributed by atoms with van der Waals surface area (Å²) in [7, 11) is 3.32. The number of nitrogens with one attached hydrogen (secondary N) is 1. The molecule has 0 saturated carbocycles. The minimum absolute atomic E-state index is 0.0152. The van der Waals surface area contributed by atoms with Crippen LogP contribution in [0.4, 0.5) is 0 Å². The maximum Gasteiger partial charge on any atom is 0.271 e. The van der Waals surface area contributed by atoms with Gasteiger partial charge in [-0.25, -0.2) is 0 Å². The van der Waals surface area contributed by atoms with Crippen molar-refractivity contribution in [2.45, 2.75) is 38.1 Å². The maximum absolute atomic E-state index is 13.4. The molecule has 2 saturated heterocycles. The summed E-state index contributed by atoms with van der Waals surface area (Å²) in [6, 6.07) is 10.1. The molecule has 0 aliphatic carbocycles. The zero-order valence-electron chi connectivity index (χ0n) is 18.7. The average molecular weight is 427 g/mol. The highest BCUT2D eigenvalue weighted by Gasteiger charge is 2.35. The van der Waals surface area contributed by atoms with Gasteiger partial charge < -0.3 is 19.3 Å². The predicted octanol–water partition coefficient (Wildman–Crippen LogP) is 3.44. The van der Waals surface area contributed by atoms with Crippen LogP contribution < -0.4 is 4.74 Å². The fourth-order valence-electron chi connectivity index (χ4n) is 5.15. The minimum atomic E-state index is -0.0152. The van der Waals surface area contributed by atoms with Gasteiger partial charge in [0.15, 0.2) is 0 Å². The number of hydrogen-bond acceptors (Lipinski definition) is 5. The van der Waals surface area contributed by atoms with E-state index >= 15 is 0 Å². The Morgan fingerprint density at radius 2 is 2.03 bits per heavy atom. The largest absolute Gasteiger partial charge is 0.496 e. The Kier molecular flexibility index (Phi) is 7.25. The van der Waals surface area contributed by atoms with Crippen LogP contribution in [0.25, 0.3) is 11.3 Å². The SMILES string of the molecule is COCCN(CC1CCCN2CCCCC12)C(=O)c1cc(-c2ccccc2OC)n[nH]1. The molecule has 0 spiro atoms. The number of carbonyl (C=O) groups excluding carboxylic acids is 1. The Labute approximate surface area is 184 Å². The molecular formula is C24H34N4O3. The van der Waals surface area contributed by atoms with E-state index in [1.165, 1.54) is 45.2 Å². The Hall–Kier alpha value is -2.38. The van der Waals surface area contributed by atoms with E-state index < -0.39 is 0 Å². The van der Waals surface area contributed by atoms with Crippen molar-refractivity contribution in [3.05, 3.63) is 36.0 Å². The number of H-pyrrole nitrogens is 1. The Bertz CT molecular complexity index is 866. The van der Waals surface area contributed by atoms with Crippen LogP contribution >= 0.6 is 0 Å². The molecule has 2 fully saturated rings. The highest BCUT2D eigenvalue weighted by atomic mass is 16.5. The number of hydrogen-bond donors (Lipinski definition) is 1. The summed E-state index contributed by atoms with van der Waals surface area (Å²) in [6.45, 7) is 4.29. The molecule has 168 valence electrons. The first kappa shape index (κ1) is 21.8. The smallest absolute Gasteiger partial charge is 0.271 e. The molecule has 7 nitrogen and oxygen atoms in total. The number of para-hydroxylation sites is 1. The molecule has 2 aliphatic heterocycles.